The summed E-state index contributed by atoms with van der Waals surface area (Å²) in [5.74, 6) is -1.05. The maximum atomic E-state index is 11.2. The lowest BCUT2D eigenvalue weighted by Gasteiger charge is -2.21. The summed E-state index contributed by atoms with van der Waals surface area (Å²) in [7, 11) is -4.52. The monoisotopic (exact) mass is 234 g/mol. The van der Waals surface area contributed by atoms with E-state index < -0.39 is 21.0 Å². The second-order valence-electron chi connectivity index (χ2n) is 3.56. The van der Waals surface area contributed by atoms with E-state index in [1.54, 1.807) is 0 Å². The summed E-state index contributed by atoms with van der Waals surface area (Å²) in [6.45, 7) is 2.98. The van der Waals surface area contributed by atoms with Crippen LogP contribution < -0.4 is 0 Å². The zero-order valence-electron chi connectivity index (χ0n) is 8.31. The lowest BCUT2D eigenvalue weighted by molar-refractivity contribution is -0.144. The number of hydrogen-bond donors (Lipinski definition) is 1. The summed E-state index contributed by atoms with van der Waals surface area (Å²) >= 11 is 0. The summed E-state index contributed by atoms with van der Waals surface area (Å²) in [5.41, 5.74) is 0. The van der Waals surface area contributed by atoms with E-state index in [1.165, 1.54) is 0 Å². The van der Waals surface area contributed by atoms with Crippen LogP contribution in [0, 0.1) is 0 Å². The molecule has 86 valence electrons. The molecule has 6 heteroatoms. The molecule has 0 aromatic heterocycles. The summed E-state index contributed by atoms with van der Waals surface area (Å²) in [4.78, 5) is 10.3. The smallest absolute Gasteiger partial charge is 0.351 e. The average molecular weight is 234 g/mol. The second-order valence-corrected chi connectivity index (χ2v) is 5.01. The van der Waals surface area contributed by atoms with Gasteiger partial charge in [-0.05, 0) is 25.7 Å². The van der Waals surface area contributed by atoms with Crippen molar-refractivity contribution in [1.82, 2.24) is 0 Å². The van der Waals surface area contributed by atoms with Crippen molar-refractivity contribution in [3.05, 3.63) is 11.5 Å². The molecule has 0 radical (unpaired) electrons. The van der Waals surface area contributed by atoms with Crippen LogP contribution in [-0.2, 0) is 19.6 Å². The Kier molecular flexibility index (Phi) is 3.87. The molecule has 0 aromatic rings. The van der Waals surface area contributed by atoms with Gasteiger partial charge >= 0.3 is 16.1 Å². The molecule has 0 aromatic carbocycles. The maximum absolute atomic E-state index is 11.2. The molecule has 0 saturated heterocycles. The number of carbonyl (C=O) groups excluding carboxylic acids is 1. The molecule has 0 spiro atoms. The fraction of sp³-hybridized carbons (Fsp3) is 0.667. The van der Waals surface area contributed by atoms with Gasteiger partial charge in [-0.25, -0.2) is 4.79 Å². The molecule has 0 atom stereocenters. The van der Waals surface area contributed by atoms with Crippen LogP contribution in [0.4, 0.5) is 0 Å². The van der Waals surface area contributed by atoms with E-state index in [1.807, 2.05) is 0 Å². The first kappa shape index (κ1) is 12.2. The maximum Gasteiger partial charge on any atom is 0.351 e. The highest BCUT2D eigenvalue weighted by atomic mass is 32.2. The van der Waals surface area contributed by atoms with Gasteiger partial charge in [-0.1, -0.05) is 13.0 Å². The van der Waals surface area contributed by atoms with Crippen molar-refractivity contribution >= 4 is 16.1 Å². The van der Waals surface area contributed by atoms with Gasteiger partial charge in [0.15, 0.2) is 4.91 Å². The van der Waals surface area contributed by atoms with E-state index in [-0.39, 0.29) is 6.10 Å². The molecule has 5 nitrogen and oxygen atoms in total. The Hall–Kier alpha value is -0.880. The van der Waals surface area contributed by atoms with Crippen molar-refractivity contribution in [2.45, 2.75) is 38.2 Å². The number of ether oxygens (including phenoxy) is 1. The largest absolute Gasteiger partial charge is 0.458 e. The van der Waals surface area contributed by atoms with Crippen LogP contribution in [0.15, 0.2) is 11.5 Å². The molecular weight excluding hydrogens is 220 g/mol. The minimum absolute atomic E-state index is 0.246. The van der Waals surface area contributed by atoms with Crippen LogP contribution in [0.5, 0.6) is 0 Å². The lowest BCUT2D eigenvalue weighted by atomic mass is 9.98. The first-order chi connectivity index (χ1) is 6.91. The minimum atomic E-state index is -4.52. The Bertz CT molecular complexity index is 351. The van der Waals surface area contributed by atoms with Crippen molar-refractivity contribution in [2.24, 2.45) is 0 Å². The van der Waals surface area contributed by atoms with E-state index in [0.717, 1.165) is 32.1 Å². The zero-order chi connectivity index (χ0) is 11.5. The number of esters is 1. The molecule has 1 saturated carbocycles. The van der Waals surface area contributed by atoms with E-state index in [9.17, 15) is 13.2 Å². The van der Waals surface area contributed by atoms with Gasteiger partial charge in [0.25, 0.3) is 0 Å². The van der Waals surface area contributed by atoms with Crippen molar-refractivity contribution in [3.63, 3.8) is 0 Å². The van der Waals surface area contributed by atoms with Gasteiger partial charge in [0.2, 0.25) is 0 Å². The van der Waals surface area contributed by atoms with E-state index in [2.05, 4.69) is 6.58 Å². The molecular formula is C9H14O5S. The van der Waals surface area contributed by atoms with Gasteiger partial charge in [0.1, 0.15) is 6.10 Å². The molecule has 15 heavy (non-hydrogen) atoms. The van der Waals surface area contributed by atoms with Gasteiger partial charge < -0.3 is 4.74 Å². The van der Waals surface area contributed by atoms with Crippen LogP contribution in [0.25, 0.3) is 0 Å². The van der Waals surface area contributed by atoms with E-state index in [0.29, 0.717) is 0 Å². The van der Waals surface area contributed by atoms with Crippen molar-refractivity contribution in [1.29, 1.82) is 0 Å². The molecule has 0 unspecified atom stereocenters. The Balaban J connectivity index is 2.51. The summed E-state index contributed by atoms with van der Waals surface area (Å²) < 4.78 is 34.6. The first-order valence-corrected chi connectivity index (χ1v) is 6.22. The van der Waals surface area contributed by atoms with Crippen LogP contribution >= 0.6 is 0 Å². The lowest BCUT2D eigenvalue weighted by Crippen LogP contribution is -2.23. The highest BCUT2D eigenvalue weighted by Gasteiger charge is 2.25. The third kappa shape index (κ3) is 3.64. The van der Waals surface area contributed by atoms with Crippen LogP contribution in [0.1, 0.15) is 32.1 Å². The molecule has 1 aliphatic rings. The number of rotatable bonds is 3. The van der Waals surface area contributed by atoms with E-state index in [4.69, 9.17) is 9.29 Å². The van der Waals surface area contributed by atoms with E-state index >= 15 is 0 Å². The third-order valence-electron chi connectivity index (χ3n) is 2.36. The fourth-order valence-electron chi connectivity index (χ4n) is 1.51. The predicted octanol–water partition coefficient (Wildman–Crippen LogP) is 1.26. The highest BCUT2D eigenvalue weighted by Crippen LogP contribution is 2.21. The minimum Gasteiger partial charge on any atom is -0.458 e. The quantitative estimate of drug-likeness (QED) is 0.451. The molecule has 1 N–H and O–H groups in total. The highest BCUT2D eigenvalue weighted by molar-refractivity contribution is 7.90. The molecule has 0 amide bonds. The van der Waals surface area contributed by atoms with Crippen molar-refractivity contribution < 1.29 is 22.5 Å². The van der Waals surface area contributed by atoms with Crippen molar-refractivity contribution in [2.75, 3.05) is 0 Å². The molecule has 0 bridgehead atoms. The van der Waals surface area contributed by atoms with Gasteiger partial charge in [-0.2, -0.15) is 8.42 Å². The topological polar surface area (TPSA) is 80.7 Å². The predicted molar refractivity (Wildman–Crippen MR) is 53.7 cm³/mol. The van der Waals surface area contributed by atoms with Crippen LogP contribution in [-0.4, -0.2) is 25.0 Å². The Morgan fingerprint density at radius 1 is 1.27 bits per heavy atom. The Morgan fingerprint density at radius 3 is 2.27 bits per heavy atom. The number of hydrogen-bond acceptors (Lipinski definition) is 4. The molecule has 1 fully saturated rings. The van der Waals surface area contributed by atoms with Gasteiger partial charge in [-0.3, -0.25) is 4.55 Å². The molecule has 0 aliphatic heterocycles. The number of carbonyl (C=O) groups is 1. The molecule has 0 heterocycles. The summed E-state index contributed by atoms with van der Waals surface area (Å²) in [5, 5.41) is 0. The van der Waals surface area contributed by atoms with Crippen molar-refractivity contribution in [3.8, 4) is 0 Å². The Labute approximate surface area is 88.9 Å². The fourth-order valence-corrected chi connectivity index (χ4v) is 1.76. The van der Waals surface area contributed by atoms with Gasteiger partial charge in [0.05, 0.1) is 0 Å². The third-order valence-corrected chi connectivity index (χ3v) is 3.15. The summed E-state index contributed by atoms with van der Waals surface area (Å²) in [6.07, 6.45) is 4.28. The van der Waals surface area contributed by atoms with Gasteiger partial charge in [-0.15, -0.1) is 0 Å². The second kappa shape index (κ2) is 4.76. The van der Waals surface area contributed by atoms with Crippen LogP contribution in [0.3, 0.4) is 0 Å². The normalized spacial score (nSPS) is 18.5. The standard InChI is InChI=1S/C9H14O5S/c1-7(15(11,12)13)9(10)14-8-5-3-2-4-6-8/h8H,1-6H2,(H,11,12,13). The van der Waals surface area contributed by atoms with Gasteiger partial charge in [0, 0.05) is 0 Å². The zero-order valence-corrected chi connectivity index (χ0v) is 9.12. The Morgan fingerprint density at radius 2 is 1.80 bits per heavy atom. The molecule has 1 aliphatic carbocycles. The SMILES string of the molecule is C=C(C(=O)OC1CCCCC1)S(=O)(=O)O. The molecule has 1 rings (SSSR count). The summed E-state index contributed by atoms with van der Waals surface area (Å²) in [6, 6.07) is 0. The van der Waals surface area contributed by atoms with Crippen LogP contribution in [0.2, 0.25) is 0 Å². The first-order valence-electron chi connectivity index (χ1n) is 4.78. The average Bonchev–Trinajstić information content (AvgIpc) is 2.16.